The van der Waals surface area contributed by atoms with Gasteiger partial charge in [-0.15, -0.1) is 0 Å². The maximum Gasteiger partial charge on any atom is 0.418 e. The van der Waals surface area contributed by atoms with Crippen molar-refractivity contribution in [3.05, 3.63) is 77.2 Å². The number of pyridine rings is 2. The van der Waals surface area contributed by atoms with Crippen molar-refractivity contribution in [2.45, 2.75) is 30.9 Å². The molecule has 2 atom stereocenters. The van der Waals surface area contributed by atoms with E-state index in [4.69, 9.17) is 10.5 Å². The maximum absolute atomic E-state index is 15.0. The number of nitrogens with one attached hydrogen (secondary N) is 1. The third-order valence-electron chi connectivity index (χ3n) is 7.22. The molecule has 1 aliphatic rings. The van der Waals surface area contributed by atoms with Gasteiger partial charge in [0.25, 0.3) is 5.91 Å². The van der Waals surface area contributed by atoms with Gasteiger partial charge >= 0.3 is 18.3 Å². The van der Waals surface area contributed by atoms with E-state index in [1.54, 1.807) is 0 Å². The van der Waals surface area contributed by atoms with Crippen LogP contribution >= 0.6 is 0 Å². The number of nitrogens with two attached hydrogens (primary N) is 1. The lowest BCUT2D eigenvalue weighted by Gasteiger charge is -2.38. The van der Waals surface area contributed by atoms with E-state index in [2.05, 4.69) is 9.97 Å². The van der Waals surface area contributed by atoms with E-state index >= 15 is 8.78 Å². The number of morpholine rings is 1. The molecule has 0 spiro atoms. The molecule has 5 rings (SSSR count). The van der Waals surface area contributed by atoms with Crippen LogP contribution in [-0.2, 0) is 22.1 Å². The van der Waals surface area contributed by atoms with Crippen molar-refractivity contribution in [1.82, 2.24) is 19.7 Å². The first kappa shape index (κ1) is 32.4. The number of anilines is 2. The predicted octanol–water partition coefficient (Wildman–Crippen LogP) is 4.47. The molecule has 0 radical (unpaired) electrons. The van der Waals surface area contributed by atoms with Crippen LogP contribution in [0.25, 0.3) is 16.9 Å². The van der Waals surface area contributed by atoms with Gasteiger partial charge in [-0.25, -0.2) is 23.5 Å². The Hall–Kier alpha value is -5.00. The van der Waals surface area contributed by atoms with Crippen molar-refractivity contribution >= 4 is 29.0 Å². The van der Waals surface area contributed by atoms with Gasteiger partial charge in [-0.1, -0.05) is 0 Å². The summed E-state index contributed by atoms with van der Waals surface area (Å²) in [6.45, 7) is -1.27. The van der Waals surface area contributed by atoms with Gasteiger partial charge in [0.15, 0.2) is 0 Å². The predicted molar refractivity (Wildman–Crippen MR) is 145 cm³/mol. The number of hydrogen-bond acceptors (Lipinski definition) is 7. The molecule has 244 valence electrons. The molecule has 4 aromatic rings. The Labute approximate surface area is 253 Å². The number of fused-ring (bicyclic) bond motifs is 1. The second kappa shape index (κ2) is 12.1. The van der Waals surface area contributed by atoms with Crippen LogP contribution < -0.4 is 16.0 Å². The third kappa shape index (κ3) is 6.37. The number of carboxylic acids is 1. The van der Waals surface area contributed by atoms with Crippen LogP contribution in [0.5, 0.6) is 0 Å². The molecule has 1 fully saturated rings. The molecule has 1 saturated heterocycles. The van der Waals surface area contributed by atoms with Crippen LogP contribution in [0.2, 0.25) is 0 Å². The van der Waals surface area contributed by atoms with Crippen LogP contribution in [0.1, 0.15) is 21.6 Å². The largest absolute Gasteiger partial charge is 0.480 e. The number of imidazole rings is 1. The molecular weight excluding hydrogens is 636 g/mol. The normalized spacial score (nSPS) is 16.4. The second-order valence-electron chi connectivity index (χ2n) is 10.2. The van der Waals surface area contributed by atoms with E-state index < -0.39 is 83.5 Å². The summed E-state index contributed by atoms with van der Waals surface area (Å²) in [6, 6.07) is 1.23. The van der Waals surface area contributed by atoms with Crippen molar-refractivity contribution in [3.63, 3.8) is 0 Å². The summed E-state index contributed by atoms with van der Waals surface area (Å²) in [5.74, 6) is -6.44. The number of aliphatic carboxylic acids is 1. The number of ether oxygens (including phenoxy) is 1. The summed E-state index contributed by atoms with van der Waals surface area (Å²) in [4.78, 5) is 33.6. The number of carbonyl (C=O) groups is 2. The smallest absolute Gasteiger partial charge is 0.418 e. The number of rotatable bonds is 7. The van der Waals surface area contributed by atoms with Gasteiger partial charge in [0.05, 0.1) is 24.5 Å². The molecule has 1 aliphatic heterocycles. The highest BCUT2D eigenvalue weighted by molar-refractivity contribution is 5.97. The lowest BCUT2D eigenvalue weighted by molar-refractivity contribution is -0.167. The summed E-state index contributed by atoms with van der Waals surface area (Å²) >= 11 is 0. The Morgan fingerprint density at radius 3 is 2.41 bits per heavy atom. The first-order valence-electron chi connectivity index (χ1n) is 13.3. The van der Waals surface area contributed by atoms with Gasteiger partial charge in [-0.05, 0) is 36.4 Å². The number of nitrogen functional groups attached to an aromatic ring is 1. The van der Waals surface area contributed by atoms with Gasteiger partial charge in [-0.2, -0.15) is 26.3 Å². The Balaban J connectivity index is 1.43. The van der Waals surface area contributed by atoms with Crippen LogP contribution in [0.3, 0.4) is 0 Å². The molecule has 3 aromatic heterocycles. The molecule has 10 nitrogen and oxygen atoms in total. The zero-order valence-electron chi connectivity index (χ0n) is 23.2. The molecule has 4 N–H and O–H groups in total. The number of aromatic nitrogens is 3. The summed E-state index contributed by atoms with van der Waals surface area (Å²) < 4.78 is 118. The first-order chi connectivity index (χ1) is 21.6. The lowest BCUT2D eigenvalue weighted by Crippen LogP contribution is -2.53. The quantitative estimate of drug-likeness (QED) is 0.248. The summed E-state index contributed by atoms with van der Waals surface area (Å²) in [5.41, 5.74) is 2.20. The van der Waals surface area contributed by atoms with Crippen molar-refractivity contribution in [2.24, 2.45) is 0 Å². The van der Waals surface area contributed by atoms with E-state index in [-0.39, 0.29) is 35.9 Å². The van der Waals surface area contributed by atoms with E-state index in [1.807, 2.05) is 5.32 Å². The number of hydrogen-bond donors (Lipinski definition) is 3. The molecule has 0 bridgehead atoms. The highest BCUT2D eigenvalue weighted by atomic mass is 19.4. The third-order valence-corrected chi connectivity index (χ3v) is 7.22. The van der Waals surface area contributed by atoms with Gasteiger partial charge in [0.2, 0.25) is 0 Å². The number of benzene rings is 1. The van der Waals surface area contributed by atoms with Crippen LogP contribution in [0.4, 0.5) is 46.6 Å². The molecule has 4 heterocycles. The Bertz CT molecular complexity index is 1790. The average Bonchev–Trinajstić information content (AvgIpc) is 3.46. The Morgan fingerprint density at radius 2 is 1.78 bits per heavy atom. The van der Waals surface area contributed by atoms with Crippen LogP contribution in [0.15, 0.2) is 48.8 Å². The lowest BCUT2D eigenvalue weighted by atomic mass is 10.0. The highest BCUT2D eigenvalue weighted by Gasteiger charge is 2.46. The fourth-order valence-electron chi connectivity index (χ4n) is 5.09. The number of halogens is 8. The fraction of sp³-hybridized carbons (Fsp3) is 0.286. The van der Waals surface area contributed by atoms with Gasteiger partial charge < -0.3 is 30.2 Å². The zero-order valence-corrected chi connectivity index (χ0v) is 23.2. The average molecular weight is 659 g/mol. The summed E-state index contributed by atoms with van der Waals surface area (Å²) in [7, 11) is 0. The first-order valence-corrected chi connectivity index (χ1v) is 13.3. The molecule has 0 saturated carbocycles. The van der Waals surface area contributed by atoms with Crippen LogP contribution in [-0.4, -0.2) is 69.4 Å². The molecule has 1 amide bonds. The SMILES string of the molecule is Nc1ccc(C(F)(F)F)c(-c2ccc(CC(NC(=O)c3c(F)cc(N4CCOC[C@@H]4C(F)(F)F)cc3F)C(=O)O)n3ccnc23)n1. The number of carbonyl (C=O) groups excluding carboxylic acids is 1. The number of amides is 1. The van der Waals surface area contributed by atoms with E-state index in [1.165, 1.54) is 28.9 Å². The highest BCUT2D eigenvalue weighted by Crippen LogP contribution is 2.38. The van der Waals surface area contributed by atoms with Gasteiger partial charge in [0, 0.05) is 42.3 Å². The molecule has 18 heteroatoms. The monoisotopic (exact) mass is 658 g/mol. The van der Waals surface area contributed by atoms with Crippen molar-refractivity contribution in [1.29, 1.82) is 0 Å². The minimum atomic E-state index is -4.80. The topological polar surface area (TPSA) is 135 Å². The van der Waals surface area contributed by atoms with Crippen molar-refractivity contribution in [2.75, 3.05) is 30.4 Å². The number of nitrogens with zero attached hydrogens (tertiary/aromatic N) is 4. The van der Waals surface area contributed by atoms with Crippen molar-refractivity contribution < 1.29 is 54.6 Å². The molecule has 1 aromatic carbocycles. The summed E-state index contributed by atoms with van der Waals surface area (Å²) in [5, 5.41) is 11.8. The minimum absolute atomic E-state index is 0.0653. The van der Waals surface area contributed by atoms with E-state index in [9.17, 15) is 41.0 Å². The zero-order chi connectivity index (χ0) is 33.6. The minimum Gasteiger partial charge on any atom is -0.480 e. The summed E-state index contributed by atoms with van der Waals surface area (Å²) in [6.07, 6.45) is -7.59. The van der Waals surface area contributed by atoms with Crippen molar-refractivity contribution in [3.8, 4) is 11.3 Å². The maximum atomic E-state index is 15.0. The number of carboxylic acid groups (broad SMARTS) is 1. The van der Waals surface area contributed by atoms with E-state index in [0.717, 1.165) is 12.1 Å². The molecule has 46 heavy (non-hydrogen) atoms. The fourth-order valence-corrected chi connectivity index (χ4v) is 5.09. The Morgan fingerprint density at radius 1 is 1.09 bits per heavy atom. The van der Waals surface area contributed by atoms with Gasteiger partial charge in [0.1, 0.15) is 40.7 Å². The Kier molecular flexibility index (Phi) is 8.50. The molecule has 1 unspecified atom stereocenters. The second-order valence-corrected chi connectivity index (χ2v) is 10.2. The standard InChI is InChI=1S/C28H22F8N6O4/c29-17-9-14(41-7-8-46-12-20(41)28(34,35)36)10-18(30)22(17)25(43)39-19(26(44)45)11-13-1-2-15(24-38-5-6-42(13)24)23-16(27(31,32)33)3-4-21(37)40-23/h1-6,9-10,19-20H,7-8,11-12H2,(H2,37,40)(H,39,43)(H,44,45)/t19?,20-/m1/s1. The van der Waals surface area contributed by atoms with Crippen LogP contribution in [0, 0.1) is 11.6 Å². The molecular formula is C28H22F8N6O4. The molecule has 0 aliphatic carbocycles. The van der Waals surface area contributed by atoms with E-state index in [0.29, 0.717) is 17.0 Å². The number of alkyl halides is 6. The van der Waals surface area contributed by atoms with Gasteiger partial charge in [-0.3, -0.25) is 4.79 Å².